The van der Waals surface area contributed by atoms with Crippen molar-refractivity contribution < 1.29 is 19.4 Å². The summed E-state index contributed by atoms with van der Waals surface area (Å²) in [5, 5.41) is 9.39. The van der Waals surface area contributed by atoms with Gasteiger partial charge in [-0.1, -0.05) is 19.1 Å². The SMILES string of the molecule is C=CCOC(=O)N1C[C@H]2CCC[C@]1(C(=O)O)C2. The average Bonchev–Trinajstić information content (AvgIpc) is 2.59. The van der Waals surface area contributed by atoms with E-state index in [1.807, 2.05) is 0 Å². The molecule has 0 radical (unpaired) electrons. The summed E-state index contributed by atoms with van der Waals surface area (Å²) in [6, 6.07) is 0. The predicted molar refractivity (Wildman–Crippen MR) is 60.6 cm³/mol. The number of carboxylic acid groups (broad SMARTS) is 1. The van der Waals surface area contributed by atoms with Gasteiger partial charge in [-0.3, -0.25) is 4.90 Å². The number of aliphatic carboxylic acids is 1. The van der Waals surface area contributed by atoms with Gasteiger partial charge in [-0.15, -0.1) is 0 Å². The van der Waals surface area contributed by atoms with E-state index in [0.717, 1.165) is 12.8 Å². The number of likely N-dealkylation sites (tertiary alicyclic amines) is 1. The number of amides is 1. The van der Waals surface area contributed by atoms with Gasteiger partial charge < -0.3 is 9.84 Å². The van der Waals surface area contributed by atoms with Crippen molar-refractivity contribution in [1.82, 2.24) is 4.90 Å². The zero-order chi connectivity index (χ0) is 12.5. The molecule has 1 saturated heterocycles. The number of fused-ring (bicyclic) bond motifs is 2. The summed E-state index contributed by atoms with van der Waals surface area (Å²) in [4.78, 5) is 24.7. The monoisotopic (exact) mass is 239 g/mol. The van der Waals surface area contributed by atoms with Crippen LogP contribution in [0.1, 0.15) is 25.7 Å². The number of nitrogens with zero attached hydrogens (tertiary/aromatic N) is 1. The first kappa shape index (κ1) is 12.0. The maximum Gasteiger partial charge on any atom is 0.411 e. The third-order valence-electron chi connectivity index (χ3n) is 3.73. The molecule has 1 heterocycles. The molecule has 94 valence electrons. The zero-order valence-electron chi connectivity index (χ0n) is 9.72. The summed E-state index contributed by atoms with van der Waals surface area (Å²) in [7, 11) is 0. The fourth-order valence-corrected chi connectivity index (χ4v) is 2.97. The van der Waals surface area contributed by atoms with E-state index >= 15 is 0 Å². The topological polar surface area (TPSA) is 66.8 Å². The first-order valence-corrected chi connectivity index (χ1v) is 5.89. The van der Waals surface area contributed by atoms with Crippen molar-refractivity contribution in [2.24, 2.45) is 5.92 Å². The van der Waals surface area contributed by atoms with Gasteiger partial charge >= 0.3 is 12.1 Å². The van der Waals surface area contributed by atoms with Crippen LogP contribution in [0.2, 0.25) is 0 Å². The van der Waals surface area contributed by atoms with Crippen molar-refractivity contribution >= 4 is 12.1 Å². The molecule has 5 heteroatoms. The minimum atomic E-state index is -1.03. The van der Waals surface area contributed by atoms with Crippen LogP contribution in [0.3, 0.4) is 0 Å². The third-order valence-corrected chi connectivity index (χ3v) is 3.73. The van der Waals surface area contributed by atoms with Crippen LogP contribution in [-0.2, 0) is 9.53 Å². The molecule has 0 unspecified atom stereocenters. The Bertz CT molecular complexity index is 354. The molecule has 1 amide bonds. The minimum Gasteiger partial charge on any atom is -0.479 e. The number of hydrogen-bond acceptors (Lipinski definition) is 3. The standard InChI is InChI=1S/C12H17NO4/c1-2-6-17-11(16)13-8-9-4-3-5-12(13,7-9)10(14)15/h2,9H,1,3-8H2,(H,14,15)/t9-,12+/m0/s1. The number of hydrogen-bond donors (Lipinski definition) is 1. The van der Waals surface area contributed by atoms with Crippen LogP contribution in [0.5, 0.6) is 0 Å². The van der Waals surface area contributed by atoms with E-state index in [2.05, 4.69) is 6.58 Å². The quantitative estimate of drug-likeness (QED) is 0.760. The van der Waals surface area contributed by atoms with E-state index in [4.69, 9.17) is 4.74 Å². The Kier molecular flexibility index (Phi) is 3.09. The maximum absolute atomic E-state index is 11.8. The summed E-state index contributed by atoms with van der Waals surface area (Å²) in [6.07, 6.45) is 3.90. The summed E-state index contributed by atoms with van der Waals surface area (Å²) in [6.45, 7) is 4.09. The Labute approximate surface area is 100 Å². The normalized spacial score (nSPS) is 31.1. The van der Waals surface area contributed by atoms with Crippen LogP contribution in [0.15, 0.2) is 12.7 Å². The van der Waals surface area contributed by atoms with Crippen LogP contribution in [0.25, 0.3) is 0 Å². The largest absolute Gasteiger partial charge is 0.479 e. The maximum atomic E-state index is 11.8. The molecular weight excluding hydrogens is 222 g/mol. The first-order valence-electron chi connectivity index (χ1n) is 5.89. The Balaban J connectivity index is 2.17. The van der Waals surface area contributed by atoms with Gasteiger partial charge in [-0.25, -0.2) is 9.59 Å². The zero-order valence-corrected chi connectivity index (χ0v) is 9.72. The second-order valence-corrected chi connectivity index (χ2v) is 4.78. The molecule has 5 nitrogen and oxygen atoms in total. The molecule has 1 saturated carbocycles. The van der Waals surface area contributed by atoms with E-state index in [9.17, 15) is 14.7 Å². The highest BCUT2D eigenvalue weighted by Crippen LogP contribution is 2.44. The number of carbonyl (C=O) groups is 2. The van der Waals surface area contributed by atoms with Gasteiger partial charge in [-0.2, -0.15) is 0 Å². The predicted octanol–water partition coefficient (Wildman–Crippen LogP) is 1.64. The summed E-state index contributed by atoms with van der Waals surface area (Å²) < 4.78 is 4.96. The van der Waals surface area contributed by atoms with Crippen LogP contribution in [0.4, 0.5) is 4.79 Å². The van der Waals surface area contributed by atoms with Gasteiger partial charge in [0.2, 0.25) is 0 Å². The minimum absolute atomic E-state index is 0.121. The van der Waals surface area contributed by atoms with Crippen molar-refractivity contribution in [2.75, 3.05) is 13.2 Å². The molecule has 0 aromatic carbocycles. The second-order valence-electron chi connectivity index (χ2n) is 4.78. The van der Waals surface area contributed by atoms with Gasteiger partial charge in [0, 0.05) is 6.54 Å². The molecule has 2 fully saturated rings. The molecule has 17 heavy (non-hydrogen) atoms. The smallest absolute Gasteiger partial charge is 0.411 e. The van der Waals surface area contributed by atoms with Gasteiger partial charge in [-0.05, 0) is 25.2 Å². The van der Waals surface area contributed by atoms with E-state index in [1.54, 1.807) is 0 Å². The number of carboxylic acids is 1. The number of ether oxygens (including phenoxy) is 1. The first-order chi connectivity index (χ1) is 8.10. The highest BCUT2D eigenvalue weighted by molar-refractivity contribution is 5.85. The average molecular weight is 239 g/mol. The third kappa shape index (κ3) is 1.90. The molecule has 2 aliphatic rings. The Morgan fingerprint density at radius 3 is 3.00 bits per heavy atom. The van der Waals surface area contributed by atoms with Gasteiger partial charge in [0.15, 0.2) is 0 Å². The lowest BCUT2D eigenvalue weighted by molar-refractivity contribution is -0.149. The van der Waals surface area contributed by atoms with Gasteiger partial charge in [0.25, 0.3) is 0 Å². The van der Waals surface area contributed by atoms with Crippen molar-refractivity contribution in [1.29, 1.82) is 0 Å². The van der Waals surface area contributed by atoms with Crippen LogP contribution >= 0.6 is 0 Å². The highest BCUT2D eigenvalue weighted by atomic mass is 16.6. The van der Waals surface area contributed by atoms with Crippen LogP contribution in [0, 0.1) is 5.92 Å². The molecule has 0 aromatic rings. The molecule has 1 aliphatic carbocycles. The Morgan fingerprint density at radius 2 is 2.35 bits per heavy atom. The lowest BCUT2D eigenvalue weighted by Crippen LogP contribution is -2.53. The fourth-order valence-electron chi connectivity index (χ4n) is 2.97. The number of carbonyl (C=O) groups excluding carboxylic acids is 1. The molecular formula is C12H17NO4. The van der Waals surface area contributed by atoms with Gasteiger partial charge in [0.05, 0.1) is 0 Å². The van der Waals surface area contributed by atoms with Crippen molar-refractivity contribution in [2.45, 2.75) is 31.2 Å². The Morgan fingerprint density at radius 1 is 1.59 bits per heavy atom. The molecule has 0 aromatic heterocycles. The number of rotatable bonds is 3. The van der Waals surface area contributed by atoms with E-state index in [0.29, 0.717) is 25.3 Å². The summed E-state index contributed by atoms with van der Waals surface area (Å²) >= 11 is 0. The lowest BCUT2D eigenvalue weighted by atomic mass is 9.80. The molecule has 1 N–H and O–H groups in total. The van der Waals surface area contributed by atoms with E-state index in [1.165, 1.54) is 11.0 Å². The van der Waals surface area contributed by atoms with Crippen LogP contribution in [-0.4, -0.2) is 40.8 Å². The van der Waals surface area contributed by atoms with Gasteiger partial charge in [0.1, 0.15) is 12.1 Å². The second kappa shape index (κ2) is 4.39. The highest BCUT2D eigenvalue weighted by Gasteiger charge is 2.55. The summed E-state index contributed by atoms with van der Waals surface area (Å²) in [5.74, 6) is -0.605. The Hall–Kier alpha value is -1.52. The summed E-state index contributed by atoms with van der Waals surface area (Å²) in [5.41, 5.74) is -1.03. The van der Waals surface area contributed by atoms with Crippen molar-refractivity contribution in [3.63, 3.8) is 0 Å². The molecule has 1 aliphatic heterocycles. The van der Waals surface area contributed by atoms with Crippen LogP contribution < -0.4 is 0 Å². The molecule has 2 atom stereocenters. The lowest BCUT2D eigenvalue weighted by Gasteiger charge is -2.34. The van der Waals surface area contributed by atoms with Crippen molar-refractivity contribution in [3.8, 4) is 0 Å². The molecule has 2 bridgehead atoms. The molecule has 2 rings (SSSR count). The van der Waals surface area contributed by atoms with E-state index in [-0.39, 0.29) is 6.61 Å². The molecule has 0 spiro atoms. The fraction of sp³-hybridized carbons (Fsp3) is 0.667. The van der Waals surface area contributed by atoms with E-state index < -0.39 is 17.6 Å². The van der Waals surface area contributed by atoms with Crippen molar-refractivity contribution in [3.05, 3.63) is 12.7 Å².